The Kier molecular flexibility index (Phi) is 4.11. The van der Waals surface area contributed by atoms with E-state index in [2.05, 4.69) is 13.2 Å². The molecule has 5 unspecified atom stereocenters. The molecular weight excluding hydrogens is 280 g/mol. The topological polar surface area (TPSA) is 52.6 Å². The average molecular weight is 304 g/mol. The summed E-state index contributed by atoms with van der Waals surface area (Å²) in [6, 6.07) is 0. The van der Waals surface area contributed by atoms with Crippen molar-refractivity contribution in [3.63, 3.8) is 0 Å². The van der Waals surface area contributed by atoms with E-state index in [1.807, 2.05) is 0 Å². The third-order valence-electron chi connectivity index (χ3n) is 6.14. The van der Waals surface area contributed by atoms with Gasteiger partial charge in [0.1, 0.15) is 0 Å². The van der Waals surface area contributed by atoms with Crippen molar-refractivity contribution in [1.29, 1.82) is 0 Å². The van der Waals surface area contributed by atoms with Gasteiger partial charge in [-0.3, -0.25) is 0 Å². The molecule has 0 saturated heterocycles. The molecule has 3 saturated carbocycles. The second-order valence-electron chi connectivity index (χ2n) is 7.03. The summed E-state index contributed by atoms with van der Waals surface area (Å²) in [5.41, 5.74) is 0.158. The minimum atomic E-state index is -0.332. The van der Waals surface area contributed by atoms with E-state index in [0.29, 0.717) is 36.9 Å². The number of carbonyl (C=O) groups is 2. The molecule has 2 bridgehead atoms. The van der Waals surface area contributed by atoms with Crippen LogP contribution in [0.25, 0.3) is 0 Å². The summed E-state index contributed by atoms with van der Waals surface area (Å²) in [6.45, 7) is 7.93. The summed E-state index contributed by atoms with van der Waals surface area (Å²) in [4.78, 5) is 22.7. The molecule has 0 heterocycles. The molecule has 3 fully saturated rings. The van der Waals surface area contributed by atoms with Crippen molar-refractivity contribution < 1.29 is 19.1 Å². The van der Waals surface area contributed by atoms with E-state index >= 15 is 0 Å². The van der Waals surface area contributed by atoms with Crippen molar-refractivity contribution >= 4 is 11.9 Å². The minimum absolute atomic E-state index is 0.158. The van der Waals surface area contributed by atoms with Crippen LogP contribution < -0.4 is 0 Å². The van der Waals surface area contributed by atoms with Crippen molar-refractivity contribution in [3.05, 3.63) is 25.3 Å². The molecule has 0 N–H and O–H groups in total. The van der Waals surface area contributed by atoms with Gasteiger partial charge in [0.15, 0.2) is 0 Å². The first-order valence-electron chi connectivity index (χ1n) is 8.18. The Bertz CT molecular complexity index is 497. The van der Waals surface area contributed by atoms with Gasteiger partial charge in [-0.05, 0) is 55.8 Å². The SMILES string of the molecule is C=CC(=O)OCC1CCC2C1C1CCC2(COC(=O)C=C)C1. The van der Waals surface area contributed by atoms with Gasteiger partial charge in [-0.25, -0.2) is 9.59 Å². The van der Waals surface area contributed by atoms with Gasteiger partial charge in [0, 0.05) is 17.6 Å². The number of hydrogen-bond donors (Lipinski definition) is 0. The van der Waals surface area contributed by atoms with E-state index in [1.54, 1.807) is 0 Å². The van der Waals surface area contributed by atoms with Gasteiger partial charge in [0.05, 0.1) is 13.2 Å². The molecule has 0 spiro atoms. The highest BCUT2D eigenvalue weighted by molar-refractivity contribution is 5.81. The highest BCUT2D eigenvalue weighted by atomic mass is 16.5. The molecule has 4 heteroatoms. The lowest BCUT2D eigenvalue weighted by atomic mass is 9.71. The highest BCUT2D eigenvalue weighted by Crippen LogP contribution is 2.67. The van der Waals surface area contributed by atoms with Crippen molar-refractivity contribution in [2.75, 3.05) is 13.2 Å². The van der Waals surface area contributed by atoms with E-state index in [-0.39, 0.29) is 17.4 Å². The summed E-state index contributed by atoms with van der Waals surface area (Å²) in [6.07, 6.45) is 8.24. The Morgan fingerprint density at radius 3 is 2.55 bits per heavy atom. The van der Waals surface area contributed by atoms with Crippen LogP contribution in [0.15, 0.2) is 25.3 Å². The first kappa shape index (κ1) is 15.3. The van der Waals surface area contributed by atoms with Crippen LogP contribution in [-0.4, -0.2) is 25.2 Å². The monoisotopic (exact) mass is 304 g/mol. The lowest BCUT2D eigenvalue weighted by molar-refractivity contribution is -0.143. The largest absolute Gasteiger partial charge is 0.462 e. The quantitative estimate of drug-likeness (QED) is 0.559. The maximum Gasteiger partial charge on any atom is 0.330 e. The normalized spacial score (nSPS) is 38.4. The van der Waals surface area contributed by atoms with Crippen LogP contribution in [0.3, 0.4) is 0 Å². The fraction of sp³-hybridized carbons (Fsp3) is 0.667. The zero-order valence-electron chi connectivity index (χ0n) is 13.0. The van der Waals surface area contributed by atoms with E-state index in [1.165, 1.54) is 18.6 Å². The van der Waals surface area contributed by atoms with Crippen molar-refractivity contribution in [1.82, 2.24) is 0 Å². The van der Waals surface area contributed by atoms with Gasteiger partial charge in [-0.1, -0.05) is 13.2 Å². The molecule has 22 heavy (non-hydrogen) atoms. The van der Waals surface area contributed by atoms with Crippen LogP contribution in [0.5, 0.6) is 0 Å². The van der Waals surface area contributed by atoms with Crippen molar-refractivity contribution in [2.24, 2.45) is 29.1 Å². The standard InChI is InChI=1S/C18H24O4/c1-3-15(19)21-10-13-5-6-14-17(13)12-7-8-18(14,9-12)11-22-16(20)4-2/h3-4,12-14,17H,1-2,5-11H2. The third kappa shape index (κ3) is 2.49. The van der Waals surface area contributed by atoms with Crippen LogP contribution in [0.1, 0.15) is 32.1 Å². The van der Waals surface area contributed by atoms with Crippen LogP contribution in [0.2, 0.25) is 0 Å². The predicted octanol–water partition coefficient (Wildman–Crippen LogP) is 2.89. The smallest absolute Gasteiger partial charge is 0.330 e. The first-order chi connectivity index (χ1) is 10.6. The summed E-state index contributed by atoms with van der Waals surface area (Å²) in [7, 11) is 0. The minimum Gasteiger partial charge on any atom is -0.462 e. The number of rotatable bonds is 6. The number of hydrogen-bond acceptors (Lipinski definition) is 4. The van der Waals surface area contributed by atoms with E-state index in [4.69, 9.17) is 9.47 Å². The number of fused-ring (bicyclic) bond motifs is 5. The molecule has 120 valence electrons. The third-order valence-corrected chi connectivity index (χ3v) is 6.14. The van der Waals surface area contributed by atoms with Gasteiger partial charge in [0.25, 0.3) is 0 Å². The molecule has 0 radical (unpaired) electrons. The van der Waals surface area contributed by atoms with Gasteiger partial charge < -0.3 is 9.47 Å². The van der Waals surface area contributed by atoms with Gasteiger partial charge >= 0.3 is 11.9 Å². The summed E-state index contributed by atoms with van der Waals surface area (Å²) in [5.74, 6) is 1.72. The predicted molar refractivity (Wildman–Crippen MR) is 81.8 cm³/mol. The highest BCUT2D eigenvalue weighted by Gasteiger charge is 2.61. The van der Waals surface area contributed by atoms with Crippen LogP contribution in [-0.2, 0) is 19.1 Å². The lowest BCUT2D eigenvalue weighted by Gasteiger charge is -2.36. The number of esters is 2. The second kappa shape index (κ2) is 5.90. The van der Waals surface area contributed by atoms with Crippen LogP contribution in [0.4, 0.5) is 0 Å². The van der Waals surface area contributed by atoms with Crippen LogP contribution in [0, 0.1) is 29.1 Å². The Balaban J connectivity index is 1.64. The molecule has 3 aliphatic rings. The van der Waals surface area contributed by atoms with E-state index in [9.17, 15) is 9.59 Å². The lowest BCUT2D eigenvalue weighted by Crippen LogP contribution is -2.34. The maximum atomic E-state index is 11.4. The Morgan fingerprint density at radius 1 is 1.09 bits per heavy atom. The van der Waals surface area contributed by atoms with Gasteiger partial charge in [-0.15, -0.1) is 0 Å². The number of carbonyl (C=O) groups excluding carboxylic acids is 2. The first-order valence-corrected chi connectivity index (χ1v) is 8.18. The molecule has 3 aliphatic carbocycles. The molecule has 0 amide bonds. The average Bonchev–Trinajstić information content (AvgIpc) is 3.21. The Hall–Kier alpha value is -1.58. The Labute approximate surface area is 131 Å². The summed E-state index contributed by atoms with van der Waals surface area (Å²) < 4.78 is 10.7. The molecule has 0 aromatic carbocycles. The zero-order valence-corrected chi connectivity index (χ0v) is 13.0. The second-order valence-corrected chi connectivity index (χ2v) is 7.03. The molecule has 0 aliphatic heterocycles. The van der Waals surface area contributed by atoms with Crippen molar-refractivity contribution in [3.8, 4) is 0 Å². The molecule has 3 rings (SSSR count). The molecule has 5 atom stereocenters. The van der Waals surface area contributed by atoms with Crippen LogP contribution >= 0.6 is 0 Å². The Morgan fingerprint density at radius 2 is 1.82 bits per heavy atom. The molecule has 4 nitrogen and oxygen atoms in total. The maximum absolute atomic E-state index is 11.4. The van der Waals surface area contributed by atoms with Crippen molar-refractivity contribution in [2.45, 2.75) is 32.1 Å². The van der Waals surface area contributed by atoms with Gasteiger partial charge in [0.2, 0.25) is 0 Å². The summed E-state index contributed by atoms with van der Waals surface area (Å²) in [5, 5.41) is 0. The molecular formula is C18H24O4. The fourth-order valence-electron chi connectivity index (χ4n) is 5.35. The number of ether oxygens (including phenoxy) is 2. The zero-order chi connectivity index (χ0) is 15.7. The fourth-order valence-corrected chi connectivity index (χ4v) is 5.35. The van der Waals surface area contributed by atoms with E-state index in [0.717, 1.165) is 25.7 Å². The summed E-state index contributed by atoms with van der Waals surface area (Å²) >= 11 is 0. The van der Waals surface area contributed by atoms with E-state index < -0.39 is 0 Å². The molecule has 0 aromatic rings. The van der Waals surface area contributed by atoms with Gasteiger partial charge in [-0.2, -0.15) is 0 Å². The molecule has 0 aromatic heterocycles.